The number of hydrogen-bond donors (Lipinski definition) is 0. The van der Waals surface area contributed by atoms with Gasteiger partial charge in [-0.1, -0.05) is 71.8 Å². The molecule has 0 saturated heterocycles. The molecule has 0 spiro atoms. The van der Waals surface area contributed by atoms with Crippen LogP contribution in [0.4, 0.5) is 0 Å². The average molecular weight is 344 g/mol. The van der Waals surface area contributed by atoms with Gasteiger partial charge in [0.25, 0.3) is 0 Å². The lowest BCUT2D eigenvalue weighted by Crippen LogP contribution is -2.16. The predicted octanol–water partition coefficient (Wildman–Crippen LogP) is 5.65. The fraction of sp³-hybridized carbons (Fsp3) is 0.562. The molecule has 104 valence electrons. The molecule has 19 heavy (non-hydrogen) atoms. The highest BCUT2D eigenvalue weighted by Gasteiger charge is 2.20. The van der Waals surface area contributed by atoms with E-state index in [1.54, 1.807) is 12.1 Å². The highest BCUT2D eigenvalue weighted by atomic mass is 79.9. The van der Waals surface area contributed by atoms with Gasteiger partial charge in [-0.2, -0.15) is 0 Å². The molecule has 0 amide bonds. The maximum atomic E-state index is 12.3. The van der Waals surface area contributed by atoms with Crippen LogP contribution in [0.1, 0.15) is 55.3 Å². The molecule has 3 heteroatoms. The van der Waals surface area contributed by atoms with Crippen LogP contribution in [0, 0.1) is 5.92 Å². The molecule has 1 aromatic rings. The van der Waals surface area contributed by atoms with Crippen LogP contribution in [0.2, 0.25) is 5.02 Å². The number of ketones is 1. The van der Waals surface area contributed by atoms with Crippen LogP contribution >= 0.6 is 27.5 Å². The summed E-state index contributed by atoms with van der Waals surface area (Å²) in [6, 6.07) is 7.21. The lowest BCUT2D eigenvalue weighted by Gasteiger charge is -2.22. The zero-order chi connectivity index (χ0) is 13.7. The third kappa shape index (κ3) is 4.61. The number of alkyl halides is 1. The number of carbonyl (C=O) groups is 1. The second-order valence-electron chi connectivity index (χ2n) is 5.42. The number of halogens is 2. The van der Waals surface area contributed by atoms with E-state index in [0.717, 1.165) is 18.8 Å². The minimum Gasteiger partial charge on any atom is -0.293 e. The summed E-state index contributed by atoms with van der Waals surface area (Å²) in [6.07, 6.45) is 8.86. The molecular weight excluding hydrogens is 324 g/mol. The summed E-state index contributed by atoms with van der Waals surface area (Å²) in [5.74, 6) is 0.972. The second kappa shape index (κ2) is 7.44. The van der Waals surface area contributed by atoms with Crippen LogP contribution < -0.4 is 0 Å². The Hall–Kier alpha value is -0.340. The van der Waals surface area contributed by atoms with Crippen LogP contribution in [0.3, 0.4) is 0 Å². The summed E-state index contributed by atoms with van der Waals surface area (Å²) >= 11 is 9.46. The van der Waals surface area contributed by atoms with Gasteiger partial charge < -0.3 is 0 Å². The molecule has 0 radical (unpaired) electrons. The van der Waals surface area contributed by atoms with Crippen LogP contribution in [0.15, 0.2) is 24.3 Å². The number of carbonyl (C=O) groups excluding carboxylic acids is 1. The van der Waals surface area contributed by atoms with E-state index in [-0.39, 0.29) is 10.6 Å². The summed E-state index contributed by atoms with van der Waals surface area (Å²) in [5.41, 5.74) is 0.706. The molecule has 1 atom stereocenters. The molecule has 0 aromatic heterocycles. The topological polar surface area (TPSA) is 17.1 Å². The van der Waals surface area contributed by atoms with E-state index in [1.807, 2.05) is 12.1 Å². The van der Waals surface area contributed by atoms with E-state index >= 15 is 0 Å². The summed E-state index contributed by atoms with van der Waals surface area (Å²) in [5, 5.41) is 0.623. The summed E-state index contributed by atoms with van der Waals surface area (Å²) in [6.45, 7) is 0. The maximum Gasteiger partial charge on any atom is 0.176 e. The van der Waals surface area contributed by atoms with Crippen molar-refractivity contribution < 1.29 is 4.79 Å². The molecule has 1 saturated carbocycles. The zero-order valence-electron chi connectivity index (χ0n) is 11.1. The SMILES string of the molecule is O=C(c1cccc(Cl)c1)C(Br)CCC1CCCCC1. The fourth-order valence-electron chi connectivity index (χ4n) is 2.81. The molecule has 0 aliphatic heterocycles. The first-order valence-corrected chi connectivity index (χ1v) is 8.40. The van der Waals surface area contributed by atoms with Gasteiger partial charge in [0, 0.05) is 10.6 Å². The molecule has 1 aromatic carbocycles. The third-order valence-corrected chi connectivity index (χ3v) is 5.06. The Morgan fingerprint density at radius 2 is 2.05 bits per heavy atom. The van der Waals surface area contributed by atoms with Crippen molar-refractivity contribution in [3.63, 3.8) is 0 Å². The Balaban J connectivity index is 1.85. The van der Waals surface area contributed by atoms with Gasteiger partial charge in [-0.25, -0.2) is 0 Å². The monoisotopic (exact) mass is 342 g/mol. The third-order valence-electron chi connectivity index (χ3n) is 3.95. The Bertz CT molecular complexity index is 427. The molecule has 0 bridgehead atoms. The minimum absolute atomic E-state index is 0.0760. The first-order chi connectivity index (χ1) is 9.16. The largest absolute Gasteiger partial charge is 0.293 e. The minimum atomic E-state index is -0.0760. The Morgan fingerprint density at radius 1 is 1.32 bits per heavy atom. The molecule has 0 heterocycles. The van der Waals surface area contributed by atoms with Gasteiger partial charge in [0.1, 0.15) is 0 Å². The zero-order valence-corrected chi connectivity index (χ0v) is 13.4. The van der Waals surface area contributed by atoms with Crippen LogP contribution in [-0.2, 0) is 0 Å². The Labute approximate surface area is 128 Å². The van der Waals surface area contributed by atoms with E-state index in [4.69, 9.17) is 11.6 Å². The van der Waals surface area contributed by atoms with Gasteiger partial charge >= 0.3 is 0 Å². The lowest BCUT2D eigenvalue weighted by atomic mass is 9.85. The normalized spacial score (nSPS) is 18.2. The van der Waals surface area contributed by atoms with Gasteiger partial charge in [-0.15, -0.1) is 0 Å². The van der Waals surface area contributed by atoms with Crippen molar-refractivity contribution >= 4 is 33.3 Å². The molecular formula is C16H20BrClO. The molecule has 1 aliphatic rings. The Morgan fingerprint density at radius 3 is 2.74 bits per heavy atom. The molecule has 0 N–H and O–H groups in total. The molecule has 1 fully saturated rings. The van der Waals surface area contributed by atoms with Gasteiger partial charge in [-0.3, -0.25) is 4.79 Å². The standard InChI is InChI=1S/C16H20BrClO/c17-15(10-9-12-5-2-1-3-6-12)16(19)13-7-4-8-14(18)11-13/h4,7-8,11-12,15H,1-3,5-6,9-10H2. The Kier molecular flexibility index (Phi) is 5.90. The van der Waals surface area contributed by atoms with Gasteiger partial charge in [0.15, 0.2) is 5.78 Å². The van der Waals surface area contributed by atoms with Crippen molar-refractivity contribution in [3.05, 3.63) is 34.9 Å². The highest BCUT2D eigenvalue weighted by molar-refractivity contribution is 9.10. The summed E-state index contributed by atoms with van der Waals surface area (Å²) in [7, 11) is 0. The van der Waals surface area contributed by atoms with E-state index in [2.05, 4.69) is 15.9 Å². The first-order valence-electron chi connectivity index (χ1n) is 7.10. The molecule has 1 nitrogen and oxygen atoms in total. The maximum absolute atomic E-state index is 12.3. The fourth-order valence-corrected chi connectivity index (χ4v) is 3.53. The van der Waals surface area contributed by atoms with Crippen molar-refractivity contribution in [1.29, 1.82) is 0 Å². The number of rotatable bonds is 5. The second-order valence-corrected chi connectivity index (χ2v) is 6.97. The van der Waals surface area contributed by atoms with E-state index in [0.29, 0.717) is 10.6 Å². The lowest BCUT2D eigenvalue weighted by molar-refractivity contribution is 0.0985. The van der Waals surface area contributed by atoms with Crippen molar-refractivity contribution in [3.8, 4) is 0 Å². The number of benzene rings is 1. The van der Waals surface area contributed by atoms with E-state index in [9.17, 15) is 4.79 Å². The average Bonchev–Trinajstić information content (AvgIpc) is 2.45. The summed E-state index contributed by atoms with van der Waals surface area (Å²) < 4.78 is 0. The van der Waals surface area contributed by atoms with Gasteiger partial charge in [0.2, 0.25) is 0 Å². The number of Topliss-reactive ketones (excluding diaryl/α,β-unsaturated/α-hetero) is 1. The number of hydrogen-bond acceptors (Lipinski definition) is 1. The molecule has 1 unspecified atom stereocenters. The summed E-state index contributed by atoms with van der Waals surface area (Å²) in [4.78, 5) is 12.2. The van der Waals surface area contributed by atoms with Crippen molar-refractivity contribution in [1.82, 2.24) is 0 Å². The van der Waals surface area contributed by atoms with Gasteiger partial charge in [0.05, 0.1) is 4.83 Å². The van der Waals surface area contributed by atoms with Crippen LogP contribution in [-0.4, -0.2) is 10.6 Å². The quantitative estimate of drug-likeness (QED) is 0.499. The van der Waals surface area contributed by atoms with Crippen molar-refractivity contribution in [2.75, 3.05) is 0 Å². The first kappa shape index (κ1) is 15.1. The predicted molar refractivity (Wildman–Crippen MR) is 84.3 cm³/mol. The highest BCUT2D eigenvalue weighted by Crippen LogP contribution is 2.29. The van der Waals surface area contributed by atoms with Crippen LogP contribution in [0.25, 0.3) is 0 Å². The molecule has 1 aliphatic carbocycles. The van der Waals surface area contributed by atoms with E-state index in [1.165, 1.54) is 32.1 Å². The van der Waals surface area contributed by atoms with Crippen molar-refractivity contribution in [2.24, 2.45) is 5.92 Å². The van der Waals surface area contributed by atoms with Crippen LogP contribution in [0.5, 0.6) is 0 Å². The smallest absolute Gasteiger partial charge is 0.176 e. The van der Waals surface area contributed by atoms with Crippen molar-refractivity contribution in [2.45, 2.75) is 49.8 Å². The van der Waals surface area contributed by atoms with Gasteiger partial charge in [-0.05, 0) is 30.9 Å². The molecule has 2 rings (SSSR count). The van der Waals surface area contributed by atoms with E-state index < -0.39 is 0 Å².